The zero-order valence-corrected chi connectivity index (χ0v) is 14.0. The van der Waals surface area contributed by atoms with Crippen molar-refractivity contribution in [2.45, 2.75) is 46.1 Å². The van der Waals surface area contributed by atoms with Crippen LogP contribution in [-0.4, -0.2) is 16.1 Å². The standard InChI is InChI=1S/C16H23N3OS/c1-5-16(3,4)12-7-9-13(10-8-12)20-11-14-15(17-6-2)21-19-18-14/h7-10,17H,5-6,11H2,1-4H3. The molecule has 2 rings (SSSR count). The van der Waals surface area contributed by atoms with Crippen molar-refractivity contribution in [2.75, 3.05) is 11.9 Å². The van der Waals surface area contributed by atoms with Gasteiger partial charge in [0.05, 0.1) is 0 Å². The average Bonchev–Trinajstić information content (AvgIpc) is 2.93. The van der Waals surface area contributed by atoms with Crippen molar-refractivity contribution in [2.24, 2.45) is 0 Å². The Balaban J connectivity index is 1.99. The van der Waals surface area contributed by atoms with E-state index in [1.165, 1.54) is 17.1 Å². The largest absolute Gasteiger partial charge is 0.487 e. The van der Waals surface area contributed by atoms with Crippen LogP contribution < -0.4 is 10.1 Å². The lowest BCUT2D eigenvalue weighted by molar-refractivity contribution is 0.301. The van der Waals surface area contributed by atoms with Crippen LogP contribution in [0.4, 0.5) is 5.00 Å². The molecular formula is C16H23N3OS. The summed E-state index contributed by atoms with van der Waals surface area (Å²) in [5, 5.41) is 8.33. The van der Waals surface area contributed by atoms with Gasteiger partial charge in [-0.3, -0.25) is 0 Å². The van der Waals surface area contributed by atoms with Gasteiger partial charge >= 0.3 is 0 Å². The van der Waals surface area contributed by atoms with Crippen molar-refractivity contribution in [1.82, 2.24) is 9.59 Å². The van der Waals surface area contributed by atoms with E-state index in [0.29, 0.717) is 6.61 Å². The molecule has 0 fully saturated rings. The third-order valence-electron chi connectivity index (χ3n) is 3.79. The minimum absolute atomic E-state index is 0.204. The molecule has 4 nitrogen and oxygen atoms in total. The van der Waals surface area contributed by atoms with Gasteiger partial charge in [0.25, 0.3) is 0 Å². The molecule has 1 aromatic carbocycles. The first-order valence-electron chi connectivity index (χ1n) is 7.35. The number of hydrogen-bond acceptors (Lipinski definition) is 5. The van der Waals surface area contributed by atoms with Crippen LogP contribution in [0.5, 0.6) is 5.75 Å². The highest BCUT2D eigenvalue weighted by Crippen LogP contribution is 2.28. The van der Waals surface area contributed by atoms with Crippen LogP contribution >= 0.6 is 11.5 Å². The number of nitrogens with zero attached hydrogens (tertiary/aromatic N) is 2. The highest BCUT2D eigenvalue weighted by atomic mass is 32.1. The summed E-state index contributed by atoms with van der Waals surface area (Å²) in [6.07, 6.45) is 1.11. The first kappa shape index (κ1) is 15.8. The number of anilines is 1. The van der Waals surface area contributed by atoms with E-state index >= 15 is 0 Å². The van der Waals surface area contributed by atoms with Gasteiger partial charge in [0.1, 0.15) is 23.1 Å². The Morgan fingerprint density at radius 2 is 1.90 bits per heavy atom. The predicted octanol–water partition coefficient (Wildman–Crippen LogP) is 4.24. The lowest BCUT2D eigenvalue weighted by atomic mass is 9.82. The number of nitrogens with one attached hydrogen (secondary N) is 1. The van der Waals surface area contributed by atoms with E-state index in [-0.39, 0.29) is 5.41 Å². The maximum absolute atomic E-state index is 5.80. The zero-order valence-electron chi connectivity index (χ0n) is 13.1. The highest BCUT2D eigenvalue weighted by Gasteiger charge is 2.17. The second kappa shape index (κ2) is 6.89. The van der Waals surface area contributed by atoms with Crippen LogP contribution in [0.25, 0.3) is 0 Å². The Bertz CT molecular complexity index is 563. The van der Waals surface area contributed by atoms with Gasteiger partial charge in [0.15, 0.2) is 0 Å². The van der Waals surface area contributed by atoms with Crippen molar-refractivity contribution in [1.29, 1.82) is 0 Å². The third kappa shape index (κ3) is 3.94. The number of hydrogen-bond donors (Lipinski definition) is 1. The van der Waals surface area contributed by atoms with Gasteiger partial charge in [-0.2, -0.15) is 0 Å². The van der Waals surface area contributed by atoms with Crippen LogP contribution in [0.15, 0.2) is 24.3 Å². The summed E-state index contributed by atoms with van der Waals surface area (Å²) in [5.74, 6) is 0.862. The molecule has 0 bridgehead atoms. The van der Waals surface area contributed by atoms with E-state index in [4.69, 9.17) is 4.74 Å². The van der Waals surface area contributed by atoms with Gasteiger partial charge in [-0.05, 0) is 36.5 Å². The molecule has 1 N–H and O–H groups in total. The topological polar surface area (TPSA) is 47.0 Å². The van der Waals surface area contributed by atoms with E-state index in [0.717, 1.165) is 29.4 Å². The van der Waals surface area contributed by atoms with Crippen LogP contribution in [0.3, 0.4) is 0 Å². The third-order valence-corrected chi connectivity index (χ3v) is 4.51. The molecular weight excluding hydrogens is 282 g/mol. The smallest absolute Gasteiger partial charge is 0.136 e. The molecule has 2 aromatic rings. The van der Waals surface area contributed by atoms with E-state index in [9.17, 15) is 0 Å². The van der Waals surface area contributed by atoms with E-state index in [1.807, 2.05) is 12.1 Å². The Morgan fingerprint density at radius 1 is 1.19 bits per heavy atom. The second-order valence-electron chi connectivity index (χ2n) is 5.63. The van der Waals surface area contributed by atoms with Crippen molar-refractivity contribution in [3.05, 3.63) is 35.5 Å². The minimum atomic E-state index is 0.204. The molecule has 0 radical (unpaired) electrons. The molecule has 0 aliphatic carbocycles. The van der Waals surface area contributed by atoms with Crippen molar-refractivity contribution in [3.8, 4) is 5.75 Å². The molecule has 0 unspecified atom stereocenters. The number of rotatable bonds is 7. The number of aromatic nitrogens is 2. The molecule has 1 heterocycles. The summed E-state index contributed by atoms with van der Waals surface area (Å²) in [6.45, 7) is 10.1. The molecule has 5 heteroatoms. The molecule has 0 aliphatic heterocycles. The van der Waals surface area contributed by atoms with E-state index in [2.05, 4.69) is 54.7 Å². The summed E-state index contributed by atoms with van der Waals surface area (Å²) in [6, 6.07) is 8.34. The first-order valence-corrected chi connectivity index (χ1v) is 8.12. The Kier molecular flexibility index (Phi) is 5.17. The molecule has 0 atom stereocenters. The predicted molar refractivity (Wildman–Crippen MR) is 88.2 cm³/mol. The van der Waals surface area contributed by atoms with Crippen molar-refractivity contribution in [3.63, 3.8) is 0 Å². The first-order chi connectivity index (χ1) is 10.1. The summed E-state index contributed by atoms with van der Waals surface area (Å²) < 4.78 is 9.76. The fraction of sp³-hybridized carbons (Fsp3) is 0.500. The normalized spacial score (nSPS) is 11.4. The van der Waals surface area contributed by atoms with Gasteiger partial charge in [0.2, 0.25) is 0 Å². The van der Waals surface area contributed by atoms with Gasteiger partial charge in [-0.15, -0.1) is 5.10 Å². The van der Waals surface area contributed by atoms with E-state index in [1.54, 1.807) is 0 Å². The van der Waals surface area contributed by atoms with Gasteiger partial charge < -0.3 is 10.1 Å². The summed E-state index contributed by atoms with van der Waals surface area (Å²) in [5.41, 5.74) is 2.40. The second-order valence-corrected chi connectivity index (χ2v) is 6.38. The van der Waals surface area contributed by atoms with Gasteiger partial charge in [-0.1, -0.05) is 37.4 Å². The SMILES string of the molecule is CCNc1snnc1COc1ccc(C(C)(C)CC)cc1. The molecule has 0 spiro atoms. The van der Waals surface area contributed by atoms with Crippen molar-refractivity contribution < 1.29 is 4.74 Å². The fourth-order valence-electron chi connectivity index (χ4n) is 1.96. The number of ether oxygens (including phenoxy) is 1. The molecule has 1 aromatic heterocycles. The fourth-order valence-corrected chi connectivity index (χ4v) is 2.59. The monoisotopic (exact) mass is 305 g/mol. The van der Waals surface area contributed by atoms with Crippen LogP contribution in [-0.2, 0) is 12.0 Å². The molecule has 0 amide bonds. The molecule has 114 valence electrons. The van der Waals surface area contributed by atoms with Crippen molar-refractivity contribution >= 4 is 16.5 Å². The maximum Gasteiger partial charge on any atom is 0.136 e. The van der Waals surface area contributed by atoms with Crippen LogP contribution in [0.1, 0.15) is 45.4 Å². The Hall–Kier alpha value is -1.62. The average molecular weight is 305 g/mol. The summed E-state index contributed by atoms with van der Waals surface area (Å²) in [4.78, 5) is 0. The summed E-state index contributed by atoms with van der Waals surface area (Å²) in [7, 11) is 0. The highest BCUT2D eigenvalue weighted by molar-refractivity contribution is 7.10. The lowest BCUT2D eigenvalue weighted by Crippen LogP contribution is -2.15. The van der Waals surface area contributed by atoms with Crippen LogP contribution in [0.2, 0.25) is 0 Å². The molecule has 0 saturated heterocycles. The molecule has 21 heavy (non-hydrogen) atoms. The maximum atomic E-state index is 5.80. The minimum Gasteiger partial charge on any atom is -0.487 e. The summed E-state index contributed by atoms with van der Waals surface area (Å²) >= 11 is 1.37. The van der Waals surface area contributed by atoms with Gasteiger partial charge in [0, 0.05) is 18.1 Å². The zero-order chi connectivity index (χ0) is 15.3. The number of benzene rings is 1. The Labute approximate surface area is 130 Å². The quantitative estimate of drug-likeness (QED) is 0.831. The molecule has 0 saturated carbocycles. The van der Waals surface area contributed by atoms with E-state index < -0.39 is 0 Å². The molecule has 0 aliphatic rings. The van der Waals surface area contributed by atoms with Crippen LogP contribution in [0, 0.1) is 0 Å². The Morgan fingerprint density at radius 3 is 2.52 bits per heavy atom. The lowest BCUT2D eigenvalue weighted by Gasteiger charge is -2.23. The van der Waals surface area contributed by atoms with Gasteiger partial charge in [-0.25, -0.2) is 0 Å².